The number of pyridine rings is 1. The van der Waals surface area contributed by atoms with Gasteiger partial charge in [-0.2, -0.15) is 12.1 Å². The number of benzene rings is 7. The number of aromatic nitrogens is 2. The summed E-state index contributed by atoms with van der Waals surface area (Å²) < 4.78 is 9.07. The molecule has 6 heteroatoms. The van der Waals surface area contributed by atoms with Crippen molar-refractivity contribution in [1.29, 1.82) is 0 Å². The Morgan fingerprint density at radius 1 is 0.458 bits per heavy atom. The summed E-state index contributed by atoms with van der Waals surface area (Å²) in [5.41, 5.74) is 14.5. The molecule has 0 aliphatic carbocycles. The average molecular weight is 1130 g/mol. The maximum absolute atomic E-state index is 6.82. The first-order chi connectivity index (χ1) is 33.6. The fourth-order valence-electron chi connectivity index (χ4n) is 10.3. The van der Waals surface area contributed by atoms with Gasteiger partial charge >= 0.3 is 0 Å². The molecular weight excluding hydrogens is 1060 g/mol. The Hall–Kier alpha value is -6.42. The second-order valence-electron chi connectivity index (χ2n) is 23.6. The first kappa shape index (κ1) is 50.5. The van der Waals surface area contributed by atoms with Gasteiger partial charge in [-0.1, -0.05) is 180 Å². The summed E-state index contributed by atoms with van der Waals surface area (Å²) in [4.78, 5) is 9.60. The fourth-order valence-corrected chi connectivity index (χ4v) is 10.3. The van der Waals surface area contributed by atoms with Crippen LogP contribution >= 0.6 is 0 Å². The average Bonchev–Trinajstić information content (AvgIpc) is 3.89. The smallest absolute Gasteiger partial charge is 0.135 e. The summed E-state index contributed by atoms with van der Waals surface area (Å²) in [5, 5.41) is 2.23. The molecule has 0 unspecified atom stereocenters. The fraction of sp³-hybridized carbons (Fsp3) is 0.273. The molecule has 370 valence electrons. The van der Waals surface area contributed by atoms with E-state index in [0.717, 1.165) is 50.4 Å². The van der Waals surface area contributed by atoms with E-state index >= 15 is 0 Å². The molecule has 0 saturated carbocycles. The van der Waals surface area contributed by atoms with E-state index in [4.69, 9.17) is 9.72 Å². The van der Waals surface area contributed by atoms with Gasteiger partial charge in [0, 0.05) is 72.2 Å². The molecule has 0 fully saturated rings. The third kappa shape index (κ3) is 9.30. The second kappa shape index (κ2) is 18.6. The predicted octanol–water partition coefficient (Wildman–Crippen LogP) is 17.5. The minimum absolute atomic E-state index is 0. The van der Waals surface area contributed by atoms with Crippen LogP contribution in [0.15, 0.2) is 164 Å². The topological polar surface area (TPSA) is 33.5 Å². The molecule has 7 aromatic carbocycles. The maximum atomic E-state index is 6.82. The molecule has 0 radical (unpaired) electrons. The van der Waals surface area contributed by atoms with Crippen molar-refractivity contribution in [1.82, 2.24) is 9.55 Å². The molecule has 1 aliphatic rings. The molecule has 1 aliphatic heterocycles. The summed E-state index contributed by atoms with van der Waals surface area (Å²) in [6.07, 6.45) is 1.92. The first-order valence-corrected chi connectivity index (χ1v) is 25.1. The molecule has 2 aromatic heterocycles. The van der Waals surface area contributed by atoms with Crippen molar-refractivity contribution in [3.8, 4) is 17.3 Å². The van der Waals surface area contributed by atoms with Crippen LogP contribution in [0.5, 0.6) is 11.5 Å². The molecule has 72 heavy (non-hydrogen) atoms. The molecule has 0 amide bonds. The van der Waals surface area contributed by atoms with Crippen molar-refractivity contribution in [2.24, 2.45) is 0 Å². The van der Waals surface area contributed by atoms with E-state index in [0.29, 0.717) is 11.5 Å². The van der Waals surface area contributed by atoms with Crippen molar-refractivity contribution >= 4 is 44.6 Å². The van der Waals surface area contributed by atoms with E-state index in [1.165, 1.54) is 38.9 Å². The third-order valence-electron chi connectivity index (χ3n) is 14.8. The van der Waals surface area contributed by atoms with Crippen molar-refractivity contribution < 1.29 is 25.8 Å². The zero-order valence-electron chi connectivity index (χ0n) is 44.2. The van der Waals surface area contributed by atoms with E-state index in [1.807, 2.05) is 18.3 Å². The van der Waals surface area contributed by atoms with Crippen molar-refractivity contribution in [2.75, 3.05) is 9.80 Å². The van der Waals surface area contributed by atoms with Gasteiger partial charge in [-0.15, -0.1) is 48.1 Å². The number of hydrogen-bond acceptors (Lipinski definition) is 4. The van der Waals surface area contributed by atoms with Crippen molar-refractivity contribution in [3.63, 3.8) is 0 Å². The Bertz CT molecular complexity index is 3440. The summed E-state index contributed by atoms with van der Waals surface area (Å²) in [6, 6.07) is 64.4. The number of fused-ring (bicyclic) bond motifs is 4. The molecule has 0 atom stereocenters. The summed E-state index contributed by atoms with van der Waals surface area (Å²) >= 11 is 0. The Morgan fingerprint density at radius 3 is 1.64 bits per heavy atom. The van der Waals surface area contributed by atoms with Crippen LogP contribution < -0.4 is 14.5 Å². The van der Waals surface area contributed by atoms with Crippen LogP contribution in [0, 0.1) is 18.8 Å². The zero-order valence-corrected chi connectivity index (χ0v) is 46.5. The SMILES string of the molecule is CC(C)(C)c1ccnc(-n2c3[c-]c(Oc4[c-]c(N5[CH-]N(c6cccc(C(C)(C)c7ccccc7)c6)c6cc(C(C)(C)C)c(C(C)(C)C)cc65)ccc4)ccc3c3cc(C(C)(C)c4ccccc4)ccc32)c1.[Pt]. The van der Waals surface area contributed by atoms with Crippen LogP contribution in [-0.2, 0) is 48.1 Å². The molecule has 9 aromatic rings. The minimum Gasteiger partial charge on any atom is -0.509 e. The largest absolute Gasteiger partial charge is 0.509 e. The molecule has 3 heterocycles. The molecule has 10 rings (SSSR count). The van der Waals surface area contributed by atoms with Gasteiger partial charge in [0.25, 0.3) is 0 Å². The van der Waals surface area contributed by atoms with Crippen molar-refractivity contribution in [3.05, 3.63) is 222 Å². The van der Waals surface area contributed by atoms with Crippen LogP contribution in [-0.4, -0.2) is 9.55 Å². The Morgan fingerprint density at radius 2 is 1.03 bits per heavy atom. The molecular formula is C66H67N4OPt-3. The van der Waals surface area contributed by atoms with Gasteiger partial charge in [0.15, 0.2) is 0 Å². The van der Waals surface area contributed by atoms with E-state index in [2.05, 4.69) is 269 Å². The van der Waals surface area contributed by atoms with Gasteiger partial charge in [-0.25, -0.2) is 4.98 Å². The standard InChI is InChI=1S/C66H67N4O.Pt/c1-62(2,3)46-34-35-67-61(38-46)70-57-33-30-48(66(12,13)45-24-18-15-19-25-45)37-54(57)53-32-31-52(40-58(53)70)71-51-29-21-28-50(39-51)69-43-68(59-41-55(63(4,5)6)56(42-60(59)69)64(7,8)9)49-27-20-26-47(36-49)65(10,11)44-22-16-14-17-23-44;/h14-38,41-43H,1-13H3;/q-3;. The summed E-state index contributed by atoms with van der Waals surface area (Å²) in [5.74, 6) is 2.05. The van der Waals surface area contributed by atoms with E-state index in [-0.39, 0.29) is 48.1 Å². The number of rotatable bonds is 9. The number of ether oxygens (including phenoxy) is 1. The van der Waals surface area contributed by atoms with Crippen LogP contribution in [0.3, 0.4) is 0 Å². The van der Waals surface area contributed by atoms with Crippen LogP contribution in [0.1, 0.15) is 129 Å². The van der Waals surface area contributed by atoms with Crippen molar-refractivity contribution in [2.45, 2.75) is 117 Å². The van der Waals surface area contributed by atoms with E-state index in [9.17, 15) is 0 Å². The van der Waals surface area contributed by atoms with E-state index in [1.54, 1.807) is 0 Å². The Kier molecular flexibility index (Phi) is 13.0. The van der Waals surface area contributed by atoms with Crippen LogP contribution in [0.4, 0.5) is 22.7 Å². The van der Waals surface area contributed by atoms with Gasteiger partial charge in [-0.3, -0.25) is 0 Å². The van der Waals surface area contributed by atoms with Gasteiger partial charge in [-0.05, 0) is 103 Å². The summed E-state index contributed by atoms with van der Waals surface area (Å²) in [6.45, 7) is 32.1. The normalized spacial score (nSPS) is 13.4. The number of anilines is 4. The quantitative estimate of drug-likeness (QED) is 0.135. The van der Waals surface area contributed by atoms with Crippen LogP contribution in [0.2, 0.25) is 0 Å². The Balaban J connectivity index is 0.00000640. The first-order valence-electron chi connectivity index (χ1n) is 25.1. The van der Waals surface area contributed by atoms with Gasteiger partial charge < -0.3 is 19.1 Å². The Labute approximate surface area is 443 Å². The summed E-state index contributed by atoms with van der Waals surface area (Å²) in [7, 11) is 0. The van der Waals surface area contributed by atoms with E-state index < -0.39 is 0 Å². The monoisotopic (exact) mass is 1130 g/mol. The molecule has 0 spiro atoms. The van der Waals surface area contributed by atoms with Gasteiger partial charge in [0.2, 0.25) is 0 Å². The molecule has 0 N–H and O–H groups in total. The van der Waals surface area contributed by atoms with Gasteiger partial charge in [0.1, 0.15) is 5.82 Å². The maximum Gasteiger partial charge on any atom is 0.135 e. The van der Waals surface area contributed by atoms with Gasteiger partial charge in [0.05, 0.1) is 0 Å². The second-order valence-corrected chi connectivity index (χ2v) is 23.6. The van der Waals surface area contributed by atoms with Crippen LogP contribution in [0.25, 0.3) is 27.6 Å². The minimum atomic E-state index is -0.210. The predicted molar refractivity (Wildman–Crippen MR) is 297 cm³/mol. The molecule has 0 saturated heterocycles. The molecule has 5 nitrogen and oxygen atoms in total. The zero-order chi connectivity index (χ0) is 50.3. The molecule has 0 bridgehead atoms. The third-order valence-corrected chi connectivity index (χ3v) is 14.8. The number of hydrogen-bond donors (Lipinski definition) is 0. The number of nitrogens with zero attached hydrogens (tertiary/aromatic N) is 4.